The van der Waals surface area contributed by atoms with Crippen LogP contribution in [-0.2, 0) is 6.42 Å². The van der Waals surface area contributed by atoms with Crippen LogP contribution in [0.4, 0.5) is 0 Å². The predicted molar refractivity (Wildman–Crippen MR) is 99.9 cm³/mol. The molecule has 1 aromatic heterocycles. The van der Waals surface area contributed by atoms with E-state index in [9.17, 15) is 9.90 Å². The zero-order chi connectivity index (χ0) is 19.4. The van der Waals surface area contributed by atoms with E-state index in [1.807, 2.05) is 18.2 Å². The quantitative estimate of drug-likeness (QED) is 0.809. The lowest BCUT2D eigenvalue weighted by Crippen LogP contribution is -2.34. The molecule has 6 heteroatoms. The molecule has 0 radical (unpaired) electrons. The van der Waals surface area contributed by atoms with Gasteiger partial charge in [-0.05, 0) is 50.0 Å². The van der Waals surface area contributed by atoms with Crippen molar-refractivity contribution in [1.29, 1.82) is 0 Å². The summed E-state index contributed by atoms with van der Waals surface area (Å²) in [5.74, 6) is 7.36. The molecule has 3 rings (SSSR count). The van der Waals surface area contributed by atoms with Gasteiger partial charge in [-0.2, -0.15) is 0 Å². The number of carbonyl (C=O) groups excluding carboxylic acids is 1. The van der Waals surface area contributed by atoms with Gasteiger partial charge in [0.2, 0.25) is 0 Å². The zero-order valence-electron chi connectivity index (χ0n) is 15.7. The largest absolute Gasteiger partial charge is 0.497 e. The van der Waals surface area contributed by atoms with Crippen molar-refractivity contribution in [3.05, 3.63) is 47.4 Å². The molecule has 0 spiro atoms. The average Bonchev–Trinajstić information content (AvgIpc) is 3.12. The van der Waals surface area contributed by atoms with Crippen LogP contribution in [0.15, 0.2) is 34.7 Å². The molecular weight excluding hydrogens is 346 g/mol. The van der Waals surface area contributed by atoms with Gasteiger partial charge in [0, 0.05) is 18.5 Å². The molecule has 1 unspecified atom stereocenters. The van der Waals surface area contributed by atoms with Crippen LogP contribution in [0.2, 0.25) is 0 Å². The maximum atomic E-state index is 12.3. The maximum absolute atomic E-state index is 12.3. The highest BCUT2D eigenvalue weighted by Crippen LogP contribution is 2.30. The van der Waals surface area contributed by atoms with Gasteiger partial charge in [0.1, 0.15) is 17.1 Å². The van der Waals surface area contributed by atoms with Crippen molar-refractivity contribution in [2.24, 2.45) is 5.92 Å². The van der Waals surface area contributed by atoms with Crippen LogP contribution < -0.4 is 14.8 Å². The lowest BCUT2D eigenvalue weighted by Gasteiger charge is -2.25. The second-order valence-electron chi connectivity index (χ2n) is 7.04. The highest BCUT2D eigenvalue weighted by molar-refractivity contribution is 5.91. The molecule has 2 aromatic rings. The number of benzene rings is 1. The van der Waals surface area contributed by atoms with E-state index in [0.717, 1.165) is 23.5 Å². The standard InChI is InChI=1S/C21H23NO5/c1-21(2,24)9-8-16-6-7-18(27-16)20(23)22-12-14-10-15-4-5-17(25-3)11-19(15)26-13-14/h4-7,11,14,24H,10,12-13H2,1-3H3,(H,22,23). The number of hydrogen-bond acceptors (Lipinski definition) is 5. The summed E-state index contributed by atoms with van der Waals surface area (Å²) in [6, 6.07) is 8.96. The van der Waals surface area contributed by atoms with E-state index in [1.165, 1.54) is 0 Å². The topological polar surface area (TPSA) is 80.9 Å². The maximum Gasteiger partial charge on any atom is 0.287 e. The van der Waals surface area contributed by atoms with Crippen molar-refractivity contribution in [2.45, 2.75) is 25.9 Å². The Hall–Kier alpha value is -2.91. The van der Waals surface area contributed by atoms with E-state index in [2.05, 4.69) is 17.2 Å². The number of rotatable bonds is 4. The number of amides is 1. The van der Waals surface area contributed by atoms with Crippen molar-refractivity contribution in [3.8, 4) is 23.3 Å². The molecule has 0 aliphatic carbocycles. The van der Waals surface area contributed by atoms with Gasteiger partial charge in [0.15, 0.2) is 11.5 Å². The van der Waals surface area contributed by atoms with Gasteiger partial charge >= 0.3 is 0 Å². The van der Waals surface area contributed by atoms with E-state index in [1.54, 1.807) is 33.1 Å². The van der Waals surface area contributed by atoms with Gasteiger partial charge in [-0.1, -0.05) is 12.0 Å². The fourth-order valence-corrected chi connectivity index (χ4v) is 2.74. The summed E-state index contributed by atoms with van der Waals surface area (Å²) in [7, 11) is 1.62. The van der Waals surface area contributed by atoms with Crippen molar-refractivity contribution in [1.82, 2.24) is 5.32 Å². The molecule has 1 aliphatic rings. The number of methoxy groups -OCH3 is 1. The first-order valence-corrected chi connectivity index (χ1v) is 8.77. The molecule has 1 aliphatic heterocycles. The Morgan fingerprint density at radius 3 is 2.93 bits per heavy atom. The second kappa shape index (κ2) is 7.77. The van der Waals surface area contributed by atoms with E-state index >= 15 is 0 Å². The van der Waals surface area contributed by atoms with E-state index in [4.69, 9.17) is 13.9 Å². The third-order valence-electron chi connectivity index (χ3n) is 4.13. The molecule has 2 N–H and O–H groups in total. The number of carbonyl (C=O) groups is 1. The van der Waals surface area contributed by atoms with E-state index in [-0.39, 0.29) is 17.6 Å². The summed E-state index contributed by atoms with van der Waals surface area (Å²) in [4.78, 5) is 12.3. The molecule has 6 nitrogen and oxygen atoms in total. The predicted octanol–water partition coefficient (Wildman–Crippen LogP) is 2.39. The summed E-state index contributed by atoms with van der Waals surface area (Å²) in [5.41, 5.74) is -0.0141. The van der Waals surface area contributed by atoms with Crippen LogP contribution in [-0.4, -0.2) is 36.9 Å². The minimum atomic E-state index is -1.11. The molecular formula is C21H23NO5. The summed E-state index contributed by atoms with van der Waals surface area (Å²) < 4.78 is 16.4. The number of aliphatic hydroxyl groups is 1. The lowest BCUT2D eigenvalue weighted by atomic mass is 9.96. The van der Waals surface area contributed by atoms with Crippen molar-refractivity contribution in [3.63, 3.8) is 0 Å². The molecule has 27 heavy (non-hydrogen) atoms. The Kier molecular flexibility index (Phi) is 5.43. The average molecular weight is 369 g/mol. The minimum absolute atomic E-state index is 0.180. The third-order valence-corrected chi connectivity index (χ3v) is 4.13. The lowest BCUT2D eigenvalue weighted by molar-refractivity contribution is 0.0910. The molecule has 1 atom stereocenters. The van der Waals surface area contributed by atoms with Gasteiger partial charge in [-0.15, -0.1) is 0 Å². The van der Waals surface area contributed by atoms with Crippen molar-refractivity contribution >= 4 is 5.91 Å². The normalized spacial score (nSPS) is 15.8. The molecule has 0 bridgehead atoms. The first-order valence-electron chi connectivity index (χ1n) is 8.77. The van der Waals surface area contributed by atoms with E-state index < -0.39 is 5.60 Å². The first-order chi connectivity index (χ1) is 12.8. The Balaban J connectivity index is 1.55. The smallest absolute Gasteiger partial charge is 0.287 e. The summed E-state index contributed by atoms with van der Waals surface area (Å²) in [6.07, 6.45) is 0.820. The van der Waals surface area contributed by atoms with Crippen LogP contribution in [0.5, 0.6) is 11.5 Å². The van der Waals surface area contributed by atoms with Crippen LogP contribution in [0.3, 0.4) is 0 Å². The van der Waals surface area contributed by atoms with Gasteiger partial charge < -0.3 is 24.3 Å². The molecule has 0 saturated carbocycles. The molecule has 2 heterocycles. The minimum Gasteiger partial charge on any atom is -0.497 e. The first kappa shape index (κ1) is 18.9. The Bertz CT molecular complexity index is 882. The number of fused-ring (bicyclic) bond motifs is 1. The zero-order valence-corrected chi connectivity index (χ0v) is 15.7. The highest BCUT2D eigenvalue weighted by Gasteiger charge is 2.22. The van der Waals surface area contributed by atoms with E-state index in [0.29, 0.717) is 18.9 Å². The third kappa shape index (κ3) is 5.05. The number of nitrogens with one attached hydrogen (secondary N) is 1. The van der Waals surface area contributed by atoms with Crippen molar-refractivity contribution in [2.75, 3.05) is 20.3 Å². The van der Waals surface area contributed by atoms with Crippen LogP contribution in [0.25, 0.3) is 0 Å². The number of ether oxygens (including phenoxy) is 2. The van der Waals surface area contributed by atoms with Crippen LogP contribution >= 0.6 is 0 Å². The summed E-state index contributed by atoms with van der Waals surface area (Å²) >= 11 is 0. The fourth-order valence-electron chi connectivity index (χ4n) is 2.74. The van der Waals surface area contributed by atoms with Gasteiger partial charge in [0.25, 0.3) is 5.91 Å². The molecule has 1 aromatic carbocycles. The number of hydrogen-bond donors (Lipinski definition) is 2. The number of furan rings is 1. The Morgan fingerprint density at radius 1 is 1.37 bits per heavy atom. The monoisotopic (exact) mass is 369 g/mol. The van der Waals surface area contributed by atoms with Crippen LogP contribution in [0, 0.1) is 17.8 Å². The second-order valence-corrected chi connectivity index (χ2v) is 7.04. The molecule has 0 fully saturated rings. The summed E-state index contributed by atoms with van der Waals surface area (Å²) in [5, 5.41) is 12.5. The van der Waals surface area contributed by atoms with Crippen LogP contribution in [0.1, 0.15) is 35.7 Å². The molecule has 0 saturated heterocycles. The Labute approximate surface area is 158 Å². The summed E-state index contributed by atoms with van der Waals surface area (Å²) in [6.45, 7) is 4.17. The Morgan fingerprint density at radius 2 is 2.19 bits per heavy atom. The molecule has 1 amide bonds. The fraction of sp³-hybridized carbons (Fsp3) is 0.381. The highest BCUT2D eigenvalue weighted by atomic mass is 16.5. The SMILES string of the molecule is COc1ccc2c(c1)OCC(CNC(=O)c1ccc(C#CC(C)(C)O)o1)C2. The van der Waals surface area contributed by atoms with Gasteiger partial charge in [-0.3, -0.25) is 4.79 Å². The van der Waals surface area contributed by atoms with Crippen molar-refractivity contribution < 1.29 is 23.8 Å². The van der Waals surface area contributed by atoms with Gasteiger partial charge in [0.05, 0.1) is 13.7 Å². The molecule has 142 valence electrons. The van der Waals surface area contributed by atoms with Gasteiger partial charge in [-0.25, -0.2) is 0 Å².